The number of halogens is 1. The summed E-state index contributed by atoms with van der Waals surface area (Å²) < 4.78 is 1.89. The Labute approximate surface area is 108 Å². The molecule has 1 aromatic heterocycles. The second-order valence-electron chi connectivity index (χ2n) is 5.13. The molecule has 96 valence electrons. The minimum atomic E-state index is 0.343. The second-order valence-corrected chi connectivity index (χ2v) is 5.51. The molecule has 2 atom stereocenters. The van der Waals surface area contributed by atoms with Crippen molar-refractivity contribution in [1.82, 2.24) is 14.7 Å². The quantitative estimate of drug-likeness (QED) is 0.874. The molecule has 0 radical (unpaired) electrons. The van der Waals surface area contributed by atoms with Crippen LogP contribution in [-0.2, 0) is 13.6 Å². The van der Waals surface area contributed by atoms with Crippen molar-refractivity contribution in [2.75, 3.05) is 13.1 Å². The highest BCUT2D eigenvalue weighted by molar-refractivity contribution is 6.31. The van der Waals surface area contributed by atoms with Gasteiger partial charge in [-0.3, -0.25) is 9.58 Å². The first-order chi connectivity index (χ1) is 7.99. The predicted molar refractivity (Wildman–Crippen MR) is 70.0 cm³/mol. The van der Waals surface area contributed by atoms with Crippen LogP contribution in [-0.4, -0.2) is 33.8 Å². The third kappa shape index (κ3) is 2.64. The standard InChI is InChI=1S/C12H21ClN4/c1-8-6-17(5-4-10(8)14)7-11-12(13)9(2)15-16(11)3/h8,10H,4-7,14H2,1-3H3. The zero-order valence-corrected chi connectivity index (χ0v) is 11.5. The number of nitrogens with zero attached hydrogens (tertiary/aromatic N) is 3. The molecule has 0 bridgehead atoms. The maximum atomic E-state index is 6.26. The van der Waals surface area contributed by atoms with Crippen molar-refractivity contribution < 1.29 is 0 Å². The van der Waals surface area contributed by atoms with E-state index in [4.69, 9.17) is 17.3 Å². The smallest absolute Gasteiger partial charge is 0.0860 e. The molecule has 1 saturated heterocycles. The van der Waals surface area contributed by atoms with Crippen molar-refractivity contribution in [2.24, 2.45) is 18.7 Å². The molecule has 2 rings (SSSR count). The van der Waals surface area contributed by atoms with Crippen LogP contribution in [0.25, 0.3) is 0 Å². The van der Waals surface area contributed by atoms with Gasteiger partial charge in [-0.25, -0.2) is 0 Å². The Hall–Kier alpha value is -0.580. The summed E-state index contributed by atoms with van der Waals surface area (Å²) in [4.78, 5) is 2.41. The van der Waals surface area contributed by atoms with E-state index in [9.17, 15) is 0 Å². The monoisotopic (exact) mass is 256 g/mol. The second kappa shape index (κ2) is 4.96. The van der Waals surface area contributed by atoms with Crippen LogP contribution in [0.4, 0.5) is 0 Å². The van der Waals surface area contributed by atoms with Crippen LogP contribution in [0.5, 0.6) is 0 Å². The maximum absolute atomic E-state index is 6.26. The Bertz CT molecular complexity index is 401. The lowest BCUT2D eigenvalue weighted by atomic mass is 9.95. The van der Waals surface area contributed by atoms with Crippen LogP contribution >= 0.6 is 11.6 Å². The van der Waals surface area contributed by atoms with Crippen molar-refractivity contribution in [2.45, 2.75) is 32.9 Å². The van der Waals surface area contributed by atoms with E-state index in [0.717, 1.165) is 42.5 Å². The Morgan fingerprint density at radius 2 is 2.24 bits per heavy atom. The summed E-state index contributed by atoms with van der Waals surface area (Å²) in [5, 5.41) is 5.14. The van der Waals surface area contributed by atoms with E-state index in [1.807, 2.05) is 18.7 Å². The van der Waals surface area contributed by atoms with Crippen molar-refractivity contribution in [3.8, 4) is 0 Å². The molecule has 0 aromatic carbocycles. The van der Waals surface area contributed by atoms with E-state index >= 15 is 0 Å². The third-order valence-electron chi connectivity index (χ3n) is 3.69. The largest absolute Gasteiger partial charge is 0.327 e. The van der Waals surface area contributed by atoms with Crippen molar-refractivity contribution in [1.29, 1.82) is 0 Å². The Kier molecular flexibility index (Phi) is 3.76. The zero-order valence-electron chi connectivity index (χ0n) is 10.8. The molecule has 17 heavy (non-hydrogen) atoms. The Morgan fingerprint density at radius 1 is 1.53 bits per heavy atom. The molecule has 0 aliphatic carbocycles. The zero-order chi connectivity index (χ0) is 12.6. The first-order valence-corrected chi connectivity index (χ1v) is 6.52. The minimum Gasteiger partial charge on any atom is -0.327 e. The Morgan fingerprint density at radius 3 is 2.76 bits per heavy atom. The first kappa shape index (κ1) is 12.9. The van der Waals surface area contributed by atoms with E-state index < -0.39 is 0 Å². The fourth-order valence-corrected chi connectivity index (χ4v) is 2.68. The lowest BCUT2D eigenvalue weighted by molar-refractivity contribution is 0.154. The predicted octanol–water partition coefficient (Wildman–Crippen LogP) is 1.55. The summed E-state index contributed by atoms with van der Waals surface area (Å²) in [6.45, 7) is 7.12. The fraction of sp³-hybridized carbons (Fsp3) is 0.750. The van der Waals surface area contributed by atoms with Crippen LogP contribution < -0.4 is 5.73 Å². The highest BCUT2D eigenvalue weighted by Gasteiger charge is 2.24. The molecule has 0 spiro atoms. The van der Waals surface area contributed by atoms with Crippen LogP contribution in [0, 0.1) is 12.8 Å². The van der Waals surface area contributed by atoms with E-state index in [1.54, 1.807) is 0 Å². The summed E-state index contributed by atoms with van der Waals surface area (Å²) in [7, 11) is 1.95. The molecule has 2 unspecified atom stereocenters. The van der Waals surface area contributed by atoms with Crippen molar-refractivity contribution >= 4 is 11.6 Å². The molecule has 2 N–H and O–H groups in total. The maximum Gasteiger partial charge on any atom is 0.0860 e. The van der Waals surface area contributed by atoms with Crippen LogP contribution in [0.1, 0.15) is 24.7 Å². The summed E-state index contributed by atoms with van der Waals surface area (Å²) in [6, 6.07) is 0.343. The molecule has 1 fully saturated rings. The van der Waals surface area contributed by atoms with Gasteiger partial charge in [0.1, 0.15) is 0 Å². The van der Waals surface area contributed by atoms with E-state index in [0.29, 0.717) is 12.0 Å². The topological polar surface area (TPSA) is 47.1 Å². The van der Waals surface area contributed by atoms with Gasteiger partial charge in [0.15, 0.2) is 0 Å². The minimum absolute atomic E-state index is 0.343. The van der Waals surface area contributed by atoms with E-state index in [-0.39, 0.29) is 0 Å². The average molecular weight is 257 g/mol. The molecule has 2 heterocycles. The summed E-state index contributed by atoms with van der Waals surface area (Å²) in [5.74, 6) is 0.553. The number of hydrogen-bond acceptors (Lipinski definition) is 3. The summed E-state index contributed by atoms with van der Waals surface area (Å²) in [5.41, 5.74) is 8.04. The number of aryl methyl sites for hydroxylation is 2. The van der Waals surface area contributed by atoms with Gasteiger partial charge in [-0.05, 0) is 19.3 Å². The van der Waals surface area contributed by atoms with Crippen LogP contribution in [0.3, 0.4) is 0 Å². The van der Waals surface area contributed by atoms with Crippen molar-refractivity contribution in [3.63, 3.8) is 0 Å². The molecule has 4 nitrogen and oxygen atoms in total. The molecular formula is C12H21ClN4. The number of likely N-dealkylation sites (tertiary alicyclic amines) is 1. The molecule has 1 aliphatic rings. The van der Waals surface area contributed by atoms with Gasteiger partial charge in [-0.2, -0.15) is 5.10 Å². The van der Waals surface area contributed by atoms with E-state index in [2.05, 4.69) is 16.9 Å². The lowest BCUT2D eigenvalue weighted by Gasteiger charge is -2.35. The van der Waals surface area contributed by atoms with Crippen molar-refractivity contribution in [3.05, 3.63) is 16.4 Å². The summed E-state index contributed by atoms with van der Waals surface area (Å²) >= 11 is 6.26. The summed E-state index contributed by atoms with van der Waals surface area (Å²) in [6.07, 6.45) is 1.07. The normalized spacial score (nSPS) is 26.4. The highest BCUT2D eigenvalue weighted by atomic mass is 35.5. The van der Waals surface area contributed by atoms with Gasteiger partial charge in [0, 0.05) is 32.7 Å². The van der Waals surface area contributed by atoms with Gasteiger partial charge in [-0.15, -0.1) is 0 Å². The van der Waals surface area contributed by atoms with E-state index in [1.165, 1.54) is 0 Å². The van der Waals surface area contributed by atoms with Gasteiger partial charge >= 0.3 is 0 Å². The lowest BCUT2D eigenvalue weighted by Crippen LogP contribution is -2.45. The Balaban J connectivity index is 2.06. The number of hydrogen-bond donors (Lipinski definition) is 1. The van der Waals surface area contributed by atoms with Gasteiger partial charge in [-0.1, -0.05) is 18.5 Å². The molecule has 5 heteroatoms. The number of piperidine rings is 1. The molecular weight excluding hydrogens is 236 g/mol. The first-order valence-electron chi connectivity index (χ1n) is 6.15. The number of nitrogens with two attached hydrogens (primary N) is 1. The van der Waals surface area contributed by atoms with Gasteiger partial charge < -0.3 is 5.73 Å². The number of rotatable bonds is 2. The van der Waals surface area contributed by atoms with Gasteiger partial charge in [0.2, 0.25) is 0 Å². The van der Waals surface area contributed by atoms with Gasteiger partial charge in [0.25, 0.3) is 0 Å². The fourth-order valence-electron chi connectivity index (χ4n) is 2.46. The molecule has 0 amide bonds. The average Bonchev–Trinajstić information content (AvgIpc) is 2.50. The SMILES string of the molecule is Cc1nn(C)c(CN2CCC(N)C(C)C2)c1Cl. The molecule has 1 aliphatic heterocycles. The number of aromatic nitrogens is 2. The highest BCUT2D eigenvalue weighted by Crippen LogP contribution is 2.23. The molecule has 0 saturated carbocycles. The van der Waals surface area contributed by atoms with Crippen LogP contribution in [0.15, 0.2) is 0 Å². The molecule has 1 aromatic rings. The third-order valence-corrected chi connectivity index (χ3v) is 4.18. The van der Waals surface area contributed by atoms with Crippen LogP contribution in [0.2, 0.25) is 5.02 Å². The van der Waals surface area contributed by atoms with Gasteiger partial charge in [0.05, 0.1) is 16.4 Å².